The van der Waals surface area contributed by atoms with Crippen LogP contribution in [0.25, 0.3) is 0 Å². The van der Waals surface area contributed by atoms with Gasteiger partial charge in [0.15, 0.2) is 0 Å². The van der Waals surface area contributed by atoms with Crippen molar-refractivity contribution in [3.8, 4) is 0 Å². The minimum absolute atomic E-state index is 0.147. The molecule has 0 aromatic heterocycles. The van der Waals surface area contributed by atoms with Crippen LogP contribution in [0.3, 0.4) is 0 Å². The molecule has 0 unspecified atom stereocenters. The van der Waals surface area contributed by atoms with E-state index in [2.05, 4.69) is 76.9 Å². The lowest BCUT2D eigenvalue weighted by Gasteiger charge is -2.32. The highest BCUT2D eigenvalue weighted by molar-refractivity contribution is 5.55. The molecule has 0 radical (unpaired) electrons. The fraction of sp³-hybridized carbons (Fsp3) is 0.667. The van der Waals surface area contributed by atoms with Crippen molar-refractivity contribution in [2.24, 2.45) is 0 Å². The normalized spacial score (nSPS) is 12.0. The Kier molecular flexibility index (Phi) is 6.07. The number of nitrogens with one attached hydrogen (secondary N) is 1. The summed E-state index contributed by atoms with van der Waals surface area (Å²) < 4.78 is 0. The maximum absolute atomic E-state index is 3.62. The molecule has 0 spiro atoms. The molecule has 114 valence electrons. The molecule has 2 heteroatoms. The van der Waals surface area contributed by atoms with Crippen LogP contribution in [-0.4, -0.2) is 18.1 Å². The SMILES string of the molecule is CCCN(c1ccc(C)cc1CNC(C)(C)C)C(C)C. The molecule has 0 aliphatic heterocycles. The molecule has 0 aliphatic rings. The van der Waals surface area contributed by atoms with Crippen LogP contribution in [0.5, 0.6) is 0 Å². The van der Waals surface area contributed by atoms with Crippen LogP contribution in [-0.2, 0) is 6.54 Å². The molecule has 0 saturated heterocycles. The van der Waals surface area contributed by atoms with E-state index in [1.807, 2.05) is 0 Å². The smallest absolute Gasteiger partial charge is 0.0414 e. The number of rotatable bonds is 6. The third-order valence-electron chi connectivity index (χ3n) is 3.44. The number of benzene rings is 1. The maximum Gasteiger partial charge on any atom is 0.0414 e. The van der Waals surface area contributed by atoms with Crippen LogP contribution in [0, 0.1) is 6.92 Å². The Morgan fingerprint density at radius 3 is 2.35 bits per heavy atom. The van der Waals surface area contributed by atoms with Gasteiger partial charge in [0.2, 0.25) is 0 Å². The summed E-state index contributed by atoms with van der Waals surface area (Å²) in [5, 5.41) is 3.62. The second-order valence-electron chi connectivity index (χ2n) is 7.02. The average Bonchev–Trinajstić information content (AvgIpc) is 2.33. The van der Waals surface area contributed by atoms with E-state index in [0.29, 0.717) is 6.04 Å². The zero-order valence-electron chi connectivity index (χ0n) is 14.4. The average molecular weight is 276 g/mol. The second kappa shape index (κ2) is 7.12. The summed E-state index contributed by atoms with van der Waals surface area (Å²) in [7, 11) is 0. The van der Waals surface area contributed by atoms with E-state index in [9.17, 15) is 0 Å². The van der Waals surface area contributed by atoms with E-state index in [1.54, 1.807) is 0 Å². The van der Waals surface area contributed by atoms with Gasteiger partial charge >= 0.3 is 0 Å². The van der Waals surface area contributed by atoms with E-state index in [0.717, 1.165) is 13.1 Å². The Hall–Kier alpha value is -1.02. The van der Waals surface area contributed by atoms with E-state index in [-0.39, 0.29) is 5.54 Å². The van der Waals surface area contributed by atoms with Gasteiger partial charge in [-0.2, -0.15) is 0 Å². The minimum Gasteiger partial charge on any atom is -0.369 e. The first-order chi connectivity index (χ1) is 9.24. The molecule has 20 heavy (non-hydrogen) atoms. The van der Waals surface area contributed by atoms with Crippen molar-refractivity contribution in [2.75, 3.05) is 11.4 Å². The predicted molar refractivity (Wildman–Crippen MR) is 90.5 cm³/mol. The standard InChI is InChI=1S/C18H32N2/c1-8-11-20(14(2)3)17-10-9-15(4)12-16(17)13-19-18(5,6)7/h9-10,12,14,19H,8,11,13H2,1-7H3. The van der Waals surface area contributed by atoms with Crippen molar-refractivity contribution in [1.29, 1.82) is 0 Å². The Morgan fingerprint density at radius 2 is 1.85 bits per heavy atom. The van der Waals surface area contributed by atoms with Gasteiger partial charge in [0.1, 0.15) is 0 Å². The highest BCUT2D eigenvalue weighted by atomic mass is 15.2. The van der Waals surface area contributed by atoms with E-state index in [1.165, 1.54) is 23.2 Å². The van der Waals surface area contributed by atoms with Gasteiger partial charge < -0.3 is 10.2 Å². The molecule has 1 aromatic rings. The quantitative estimate of drug-likeness (QED) is 0.822. The summed E-state index contributed by atoms with van der Waals surface area (Å²) >= 11 is 0. The number of aryl methyl sites for hydroxylation is 1. The van der Waals surface area contributed by atoms with Crippen LogP contribution < -0.4 is 10.2 Å². The fourth-order valence-electron chi connectivity index (χ4n) is 2.39. The third kappa shape index (κ3) is 5.16. The number of hydrogen-bond acceptors (Lipinski definition) is 2. The van der Waals surface area contributed by atoms with Crippen molar-refractivity contribution in [2.45, 2.75) is 73.0 Å². The van der Waals surface area contributed by atoms with Crippen molar-refractivity contribution in [3.05, 3.63) is 29.3 Å². The van der Waals surface area contributed by atoms with Crippen LogP contribution in [0.1, 0.15) is 59.1 Å². The summed E-state index contributed by atoms with van der Waals surface area (Å²) in [5.74, 6) is 0. The zero-order valence-corrected chi connectivity index (χ0v) is 14.4. The van der Waals surface area contributed by atoms with E-state index < -0.39 is 0 Å². The van der Waals surface area contributed by atoms with E-state index >= 15 is 0 Å². The summed E-state index contributed by atoms with van der Waals surface area (Å²) in [6.45, 7) is 17.7. The fourth-order valence-corrected chi connectivity index (χ4v) is 2.39. The highest BCUT2D eigenvalue weighted by Gasteiger charge is 2.16. The van der Waals surface area contributed by atoms with Crippen LogP contribution in [0.4, 0.5) is 5.69 Å². The molecular weight excluding hydrogens is 244 g/mol. The molecule has 0 fully saturated rings. The summed E-state index contributed by atoms with van der Waals surface area (Å²) in [4.78, 5) is 2.51. The lowest BCUT2D eigenvalue weighted by Crippen LogP contribution is -2.37. The van der Waals surface area contributed by atoms with Crippen molar-refractivity contribution >= 4 is 5.69 Å². The van der Waals surface area contributed by atoms with Gasteiger partial charge in [-0.3, -0.25) is 0 Å². The van der Waals surface area contributed by atoms with Crippen LogP contribution >= 0.6 is 0 Å². The summed E-state index contributed by atoms with van der Waals surface area (Å²) in [5.41, 5.74) is 4.26. The van der Waals surface area contributed by atoms with E-state index in [4.69, 9.17) is 0 Å². The second-order valence-corrected chi connectivity index (χ2v) is 7.02. The van der Waals surface area contributed by atoms with Gasteiger partial charge in [0.25, 0.3) is 0 Å². The molecule has 2 nitrogen and oxygen atoms in total. The number of hydrogen-bond donors (Lipinski definition) is 1. The highest BCUT2D eigenvalue weighted by Crippen LogP contribution is 2.25. The van der Waals surface area contributed by atoms with Gasteiger partial charge in [-0.15, -0.1) is 0 Å². The topological polar surface area (TPSA) is 15.3 Å². The summed E-state index contributed by atoms with van der Waals surface area (Å²) in [6, 6.07) is 7.36. The lowest BCUT2D eigenvalue weighted by molar-refractivity contribution is 0.424. The first kappa shape index (κ1) is 17.0. The molecule has 0 aliphatic carbocycles. The van der Waals surface area contributed by atoms with Gasteiger partial charge in [-0.1, -0.05) is 24.6 Å². The molecule has 1 N–H and O–H groups in total. The van der Waals surface area contributed by atoms with Crippen molar-refractivity contribution in [1.82, 2.24) is 5.32 Å². The molecule has 0 heterocycles. The van der Waals surface area contributed by atoms with Gasteiger partial charge in [-0.25, -0.2) is 0 Å². The first-order valence-electron chi connectivity index (χ1n) is 7.85. The molecule has 1 aromatic carbocycles. The van der Waals surface area contributed by atoms with Gasteiger partial charge in [0.05, 0.1) is 0 Å². The van der Waals surface area contributed by atoms with Crippen molar-refractivity contribution < 1.29 is 0 Å². The largest absolute Gasteiger partial charge is 0.369 e. The predicted octanol–water partition coefficient (Wildman–Crippen LogP) is 4.51. The zero-order chi connectivity index (χ0) is 15.3. The Morgan fingerprint density at radius 1 is 1.20 bits per heavy atom. The minimum atomic E-state index is 0.147. The molecule has 0 amide bonds. The van der Waals surface area contributed by atoms with Crippen LogP contribution in [0.15, 0.2) is 18.2 Å². The maximum atomic E-state index is 3.62. The van der Waals surface area contributed by atoms with Crippen molar-refractivity contribution in [3.63, 3.8) is 0 Å². The molecular formula is C18H32N2. The lowest BCUT2D eigenvalue weighted by atomic mass is 10.0. The van der Waals surface area contributed by atoms with Gasteiger partial charge in [0, 0.05) is 30.4 Å². The molecule has 1 rings (SSSR count). The summed E-state index contributed by atoms with van der Waals surface area (Å²) in [6.07, 6.45) is 1.18. The third-order valence-corrected chi connectivity index (χ3v) is 3.44. The molecule has 0 bridgehead atoms. The Labute approximate surface area is 125 Å². The van der Waals surface area contributed by atoms with Gasteiger partial charge in [-0.05, 0) is 59.6 Å². The monoisotopic (exact) mass is 276 g/mol. The molecule has 0 saturated carbocycles. The number of anilines is 1. The Balaban J connectivity index is 3.05. The number of nitrogens with zero attached hydrogens (tertiary/aromatic N) is 1. The Bertz CT molecular complexity index is 416. The van der Waals surface area contributed by atoms with Crippen LogP contribution in [0.2, 0.25) is 0 Å². The molecule has 0 atom stereocenters. The first-order valence-corrected chi connectivity index (χ1v) is 7.85.